The summed E-state index contributed by atoms with van der Waals surface area (Å²) in [6, 6.07) is 46.7. The summed E-state index contributed by atoms with van der Waals surface area (Å²) in [7, 11) is 1.63. The van der Waals surface area contributed by atoms with Gasteiger partial charge >= 0.3 is 0 Å². The Labute approximate surface area is 376 Å². The van der Waals surface area contributed by atoms with Crippen molar-refractivity contribution in [1.29, 1.82) is 0 Å². The lowest BCUT2D eigenvalue weighted by Gasteiger charge is -2.10. The Morgan fingerprint density at radius 1 is 0.609 bits per heavy atom. The number of amides is 2. The fourth-order valence-corrected chi connectivity index (χ4v) is 9.87. The maximum Gasteiger partial charge on any atom is 0.257 e. The molecule has 9 aromatic rings. The SMILES string of the molecule is COc1ccc2sc(C3=C(c4ccccc4)C(=Nc4[nH]c(NC(=O)c5ccccc5C)c(-c5nc6cc(C)ccc6s5)c4-c4ccccc4)N=C3NC(=O)c3ccccc3C)nc2c1. The van der Waals surface area contributed by atoms with Crippen LogP contribution in [0.2, 0.25) is 0 Å². The first-order chi connectivity index (χ1) is 31.2. The van der Waals surface area contributed by atoms with E-state index in [2.05, 4.69) is 33.8 Å². The number of aromatic nitrogens is 3. The number of H-pyrrole nitrogens is 1. The number of ether oxygens (including phenoxy) is 1. The molecule has 6 aromatic carbocycles. The van der Waals surface area contributed by atoms with Crippen LogP contribution in [0, 0.1) is 20.8 Å². The lowest BCUT2D eigenvalue weighted by atomic mass is 9.99. The smallest absolute Gasteiger partial charge is 0.257 e. The Balaban J connectivity index is 1.24. The summed E-state index contributed by atoms with van der Waals surface area (Å²) in [4.78, 5) is 52.8. The molecule has 0 saturated carbocycles. The fraction of sp³-hybridized carbons (Fsp3) is 0.0769. The third-order valence-electron chi connectivity index (χ3n) is 11.1. The van der Waals surface area contributed by atoms with Gasteiger partial charge in [-0.05, 0) is 85.0 Å². The number of anilines is 1. The second kappa shape index (κ2) is 16.8. The number of benzene rings is 6. The fourth-order valence-electron chi connectivity index (χ4n) is 7.87. The van der Waals surface area contributed by atoms with Crippen molar-refractivity contribution in [3.63, 3.8) is 0 Å². The van der Waals surface area contributed by atoms with Crippen LogP contribution in [0.5, 0.6) is 5.75 Å². The third kappa shape index (κ3) is 7.59. The Morgan fingerprint density at radius 2 is 1.19 bits per heavy atom. The molecule has 10 nitrogen and oxygen atoms in total. The van der Waals surface area contributed by atoms with Crippen LogP contribution in [-0.2, 0) is 0 Å². The van der Waals surface area contributed by atoms with E-state index in [-0.39, 0.29) is 11.8 Å². The summed E-state index contributed by atoms with van der Waals surface area (Å²) in [5.74, 6) is 1.59. The molecule has 0 saturated heterocycles. The lowest BCUT2D eigenvalue weighted by Crippen LogP contribution is -2.31. The predicted octanol–water partition coefficient (Wildman–Crippen LogP) is 12.2. The molecule has 4 heterocycles. The minimum Gasteiger partial charge on any atom is -0.497 e. The standard InChI is InChI=1S/C52H39N7O3S2/c1-29-23-25-39-37(27-29)53-51(63-39)43-41(32-17-7-5-8-18-32)45(56-47(43)58-49(60)35-21-13-11-15-30(35)2)55-46-42(33-19-9-6-10-20-33)44(52-54-38-28-34(62-4)24-26-40(38)64-52)48(57-46)59-50(61)36-22-14-12-16-31(36)3/h5-28,56H,1-4H3,(H,58,60)(H,55,57,59,61). The van der Waals surface area contributed by atoms with Crippen molar-refractivity contribution in [2.75, 3.05) is 12.4 Å². The molecule has 12 heteroatoms. The summed E-state index contributed by atoms with van der Waals surface area (Å²) in [6.07, 6.45) is 0. The Morgan fingerprint density at radius 3 is 1.86 bits per heavy atom. The molecule has 3 N–H and O–H groups in total. The van der Waals surface area contributed by atoms with Gasteiger partial charge in [-0.15, -0.1) is 22.7 Å². The molecule has 2 amide bonds. The molecule has 10 rings (SSSR count). The van der Waals surface area contributed by atoms with E-state index in [1.165, 1.54) is 22.7 Å². The van der Waals surface area contributed by atoms with Gasteiger partial charge in [-0.25, -0.2) is 20.0 Å². The van der Waals surface area contributed by atoms with Gasteiger partial charge in [0, 0.05) is 28.3 Å². The largest absolute Gasteiger partial charge is 0.497 e. The molecule has 0 spiro atoms. The van der Waals surface area contributed by atoms with Crippen LogP contribution in [0.25, 0.3) is 53.3 Å². The molecule has 0 fully saturated rings. The Bertz CT molecular complexity index is 3400. The van der Waals surface area contributed by atoms with E-state index in [0.717, 1.165) is 53.8 Å². The van der Waals surface area contributed by atoms with E-state index in [1.54, 1.807) is 13.2 Å². The van der Waals surface area contributed by atoms with Crippen molar-refractivity contribution in [3.8, 4) is 27.4 Å². The van der Waals surface area contributed by atoms with Gasteiger partial charge < -0.3 is 20.4 Å². The molecule has 0 atom stereocenters. The van der Waals surface area contributed by atoms with Gasteiger partial charge in [0.25, 0.3) is 11.8 Å². The van der Waals surface area contributed by atoms with Gasteiger partial charge in [0.2, 0.25) is 0 Å². The highest BCUT2D eigenvalue weighted by atomic mass is 32.1. The highest BCUT2D eigenvalue weighted by Crippen LogP contribution is 2.48. The number of fused-ring (bicyclic) bond motifs is 2. The monoisotopic (exact) mass is 873 g/mol. The summed E-state index contributed by atoms with van der Waals surface area (Å²) in [5, 5.41) is 7.72. The summed E-state index contributed by atoms with van der Waals surface area (Å²) < 4.78 is 7.49. The van der Waals surface area contributed by atoms with E-state index < -0.39 is 0 Å². The first-order valence-corrected chi connectivity index (χ1v) is 22.2. The number of aliphatic imine (C=N–C) groups is 2. The molecule has 0 aliphatic carbocycles. The van der Waals surface area contributed by atoms with Gasteiger partial charge in [-0.1, -0.05) is 103 Å². The molecular formula is C52H39N7O3S2. The molecule has 64 heavy (non-hydrogen) atoms. The minimum atomic E-state index is -0.315. The van der Waals surface area contributed by atoms with Gasteiger partial charge in [-0.3, -0.25) is 9.59 Å². The molecule has 312 valence electrons. The van der Waals surface area contributed by atoms with Crippen molar-refractivity contribution in [1.82, 2.24) is 20.3 Å². The van der Waals surface area contributed by atoms with Gasteiger partial charge in [0.1, 0.15) is 33.2 Å². The summed E-state index contributed by atoms with van der Waals surface area (Å²) in [5.41, 5.74) is 9.78. The first-order valence-electron chi connectivity index (χ1n) is 20.6. The number of carbonyl (C=O) groups is 2. The van der Waals surface area contributed by atoms with E-state index in [1.807, 2.05) is 142 Å². The second-order valence-corrected chi connectivity index (χ2v) is 17.4. The molecule has 3 aromatic heterocycles. The van der Waals surface area contributed by atoms with Crippen LogP contribution < -0.4 is 15.4 Å². The zero-order valence-electron chi connectivity index (χ0n) is 35.2. The number of nitrogens with one attached hydrogen (secondary N) is 3. The van der Waals surface area contributed by atoms with Crippen molar-refractivity contribution in [3.05, 3.63) is 184 Å². The number of aromatic amines is 1. The third-order valence-corrected chi connectivity index (χ3v) is 13.2. The Kier molecular flexibility index (Phi) is 10.6. The number of amidine groups is 2. The highest BCUT2D eigenvalue weighted by molar-refractivity contribution is 7.21. The molecule has 0 bridgehead atoms. The number of thiazole rings is 2. The zero-order valence-corrected chi connectivity index (χ0v) is 36.8. The summed E-state index contributed by atoms with van der Waals surface area (Å²) >= 11 is 3.03. The van der Waals surface area contributed by atoms with Crippen LogP contribution in [0.3, 0.4) is 0 Å². The van der Waals surface area contributed by atoms with E-state index in [4.69, 9.17) is 24.7 Å². The number of hydrogen-bond acceptors (Lipinski definition) is 8. The molecule has 1 aliphatic rings. The number of aryl methyl sites for hydroxylation is 3. The highest BCUT2D eigenvalue weighted by Gasteiger charge is 2.33. The maximum absolute atomic E-state index is 14.2. The topological polar surface area (TPSA) is 134 Å². The zero-order chi connectivity index (χ0) is 43.9. The number of carbonyl (C=O) groups excluding carboxylic acids is 2. The number of nitrogens with zero attached hydrogens (tertiary/aromatic N) is 4. The van der Waals surface area contributed by atoms with Crippen molar-refractivity contribution in [2.45, 2.75) is 20.8 Å². The van der Waals surface area contributed by atoms with Gasteiger partial charge in [0.05, 0.1) is 38.7 Å². The molecule has 0 radical (unpaired) electrons. The van der Waals surface area contributed by atoms with E-state index in [9.17, 15) is 9.59 Å². The van der Waals surface area contributed by atoms with E-state index in [0.29, 0.717) is 66.9 Å². The number of rotatable bonds is 9. The van der Waals surface area contributed by atoms with Crippen molar-refractivity contribution < 1.29 is 14.3 Å². The number of hydrogen-bond donors (Lipinski definition) is 3. The second-order valence-electron chi connectivity index (χ2n) is 15.4. The maximum atomic E-state index is 14.2. The van der Waals surface area contributed by atoms with E-state index >= 15 is 0 Å². The predicted molar refractivity (Wildman–Crippen MR) is 261 cm³/mol. The van der Waals surface area contributed by atoms with Crippen LogP contribution in [0.1, 0.15) is 48.0 Å². The van der Waals surface area contributed by atoms with Crippen molar-refractivity contribution >= 4 is 89.4 Å². The van der Waals surface area contributed by atoms with Crippen LogP contribution in [0.15, 0.2) is 156 Å². The van der Waals surface area contributed by atoms with Crippen LogP contribution in [0.4, 0.5) is 11.6 Å². The molecule has 1 aliphatic heterocycles. The van der Waals surface area contributed by atoms with Crippen LogP contribution in [-0.4, -0.2) is 45.5 Å². The van der Waals surface area contributed by atoms with Gasteiger partial charge in [0.15, 0.2) is 5.84 Å². The molecule has 0 unspecified atom stereocenters. The van der Waals surface area contributed by atoms with Crippen molar-refractivity contribution in [2.24, 2.45) is 9.98 Å². The van der Waals surface area contributed by atoms with Crippen LogP contribution >= 0.6 is 22.7 Å². The normalized spacial score (nSPS) is 13.2. The Hall–Kier alpha value is -7.80. The lowest BCUT2D eigenvalue weighted by molar-refractivity contribution is 0.0975. The average Bonchev–Trinajstić information content (AvgIpc) is 4.09. The number of methoxy groups -OCH3 is 1. The quantitative estimate of drug-likeness (QED) is 0.133. The average molecular weight is 874 g/mol. The minimum absolute atomic E-state index is 0.281. The van der Waals surface area contributed by atoms with Gasteiger partial charge in [-0.2, -0.15) is 0 Å². The molecular weight excluding hydrogens is 835 g/mol. The first kappa shape index (κ1) is 40.3. The summed E-state index contributed by atoms with van der Waals surface area (Å²) in [6.45, 7) is 5.86.